The lowest BCUT2D eigenvalue weighted by Crippen LogP contribution is -2.53. The molecular formula is C16H32N2. The maximum Gasteiger partial charge on any atom is 0.0195 e. The molecule has 1 N–H and O–H groups in total. The minimum atomic E-state index is 0.753. The van der Waals surface area contributed by atoms with E-state index in [1.54, 1.807) is 0 Å². The summed E-state index contributed by atoms with van der Waals surface area (Å²) in [5, 5.41) is 3.72. The highest BCUT2D eigenvalue weighted by molar-refractivity contribution is 4.88. The van der Waals surface area contributed by atoms with Gasteiger partial charge < -0.3 is 5.32 Å². The molecule has 1 aliphatic heterocycles. The van der Waals surface area contributed by atoms with Crippen molar-refractivity contribution < 1.29 is 0 Å². The minimum absolute atomic E-state index is 0.753. The van der Waals surface area contributed by atoms with E-state index in [0.29, 0.717) is 0 Å². The van der Waals surface area contributed by atoms with Crippen LogP contribution >= 0.6 is 0 Å². The molecule has 0 bridgehead atoms. The van der Waals surface area contributed by atoms with Gasteiger partial charge in [-0.1, -0.05) is 33.6 Å². The Morgan fingerprint density at radius 2 is 1.94 bits per heavy atom. The molecule has 0 aromatic heterocycles. The second kappa shape index (κ2) is 6.91. The smallest absolute Gasteiger partial charge is 0.0195 e. The summed E-state index contributed by atoms with van der Waals surface area (Å²) < 4.78 is 0. The van der Waals surface area contributed by atoms with Crippen LogP contribution < -0.4 is 5.32 Å². The highest BCUT2D eigenvalue weighted by atomic mass is 15.2. The number of hydrogen-bond acceptors (Lipinski definition) is 2. The van der Waals surface area contributed by atoms with Gasteiger partial charge in [-0.05, 0) is 50.6 Å². The largest absolute Gasteiger partial charge is 0.313 e. The van der Waals surface area contributed by atoms with Crippen molar-refractivity contribution >= 4 is 0 Å². The van der Waals surface area contributed by atoms with Crippen molar-refractivity contribution in [2.24, 2.45) is 11.8 Å². The van der Waals surface area contributed by atoms with E-state index in [2.05, 4.69) is 31.0 Å². The Morgan fingerprint density at radius 3 is 2.72 bits per heavy atom. The maximum absolute atomic E-state index is 3.72. The summed E-state index contributed by atoms with van der Waals surface area (Å²) in [6, 6.07) is 1.61. The number of piperidine rings is 1. The van der Waals surface area contributed by atoms with Crippen molar-refractivity contribution in [3.63, 3.8) is 0 Å². The van der Waals surface area contributed by atoms with Crippen LogP contribution in [0.3, 0.4) is 0 Å². The highest BCUT2D eigenvalue weighted by Gasteiger charge is 2.33. The van der Waals surface area contributed by atoms with E-state index in [-0.39, 0.29) is 0 Å². The van der Waals surface area contributed by atoms with E-state index in [9.17, 15) is 0 Å². The van der Waals surface area contributed by atoms with Gasteiger partial charge in [0.25, 0.3) is 0 Å². The van der Waals surface area contributed by atoms with Crippen molar-refractivity contribution in [1.29, 1.82) is 0 Å². The fourth-order valence-corrected chi connectivity index (χ4v) is 3.89. The first-order valence-corrected chi connectivity index (χ1v) is 8.19. The average molecular weight is 252 g/mol. The van der Waals surface area contributed by atoms with E-state index in [1.165, 1.54) is 58.2 Å². The summed E-state index contributed by atoms with van der Waals surface area (Å²) in [6.45, 7) is 11.0. The monoisotopic (exact) mass is 252 g/mol. The molecule has 2 rings (SSSR count). The van der Waals surface area contributed by atoms with Crippen LogP contribution in [0.4, 0.5) is 0 Å². The Morgan fingerprint density at radius 1 is 1.11 bits per heavy atom. The highest BCUT2D eigenvalue weighted by Crippen LogP contribution is 2.33. The molecule has 1 saturated carbocycles. The van der Waals surface area contributed by atoms with E-state index >= 15 is 0 Å². The number of nitrogens with one attached hydrogen (secondary N) is 1. The van der Waals surface area contributed by atoms with Crippen LogP contribution in [0.25, 0.3) is 0 Å². The third kappa shape index (κ3) is 3.48. The Bertz CT molecular complexity index is 241. The van der Waals surface area contributed by atoms with E-state index < -0.39 is 0 Å². The Balaban J connectivity index is 1.87. The number of nitrogens with zero attached hydrogens (tertiary/aromatic N) is 1. The average Bonchev–Trinajstić information content (AvgIpc) is 2.40. The molecule has 1 aliphatic carbocycles. The first-order valence-electron chi connectivity index (χ1n) is 8.19. The van der Waals surface area contributed by atoms with Crippen molar-refractivity contribution in [3.05, 3.63) is 0 Å². The maximum atomic E-state index is 3.72. The van der Waals surface area contributed by atoms with Crippen LogP contribution in [0.2, 0.25) is 0 Å². The molecule has 0 amide bonds. The lowest BCUT2D eigenvalue weighted by molar-refractivity contribution is 0.0544. The van der Waals surface area contributed by atoms with Crippen LogP contribution in [-0.4, -0.2) is 36.6 Å². The summed E-state index contributed by atoms with van der Waals surface area (Å²) >= 11 is 0. The zero-order valence-corrected chi connectivity index (χ0v) is 12.6. The van der Waals surface area contributed by atoms with Crippen LogP contribution in [0.15, 0.2) is 0 Å². The summed E-state index contributed by atoms with van der Waals surface area (Å²) in [6.07, 6.45) is 8.36. The molecular weight excluding hydrogens is 220 g/mol. The Kier molecular flexibility index (Phi) is 5.50. The SMILES string of the molecule is CCCNC1CCCN(C2CCCC(C)C2C)C1. The van der Waals surface area contributed by atoms with E-state index in [4.69, 9.17) is 0 Å². The van der Waals surface area contributed by atoms with Gasteiger partial charge in [0.05, 0.1) is 0 Å². The van der Waals surface area contributed by atoms with Gasteiger partial charge in [-0.3, -0.25) is 4.90 Å². The van der Waals surface area contributed by atoms with Gasteiger partial charge in [0.2, 0.25) is 0 Å². The van der Waals surface area contributed by atoms with Crippen LogP contribution in [0.5, 0.6) is 0 Å². The number of rotatable bonds is 4. The van der Waals surface area contributed by atoms with Gasteiger partial charge in [0.15, 0.2) is 0 Å². The van der Waals surface area contributed by atoms with Crippen LogP contribution in [-0.2, 0) is 0 Å². The lowest BCUT2D eigenvalue weighted by atomic mass is 9.77. The molecule has 2 heteroatoms. The normalized spacial score (nSPS) is 38.8. The Hall–Kier alpha value is -0.0800. The number of hydrogen-bond donors (Lipinski definition) is 1. The molecule has 18 heavy (non-hydrogen) atoms. The van der Waals surface area contributed by atoms with Crippen LogP contribution in [0, 0.1) is 11.8 Å². The van der Waals surface area contributed by atoms with Crippen molar-refractivity contribution in [3.8, 4) is 0 Å². The van der Waals surface area contributed by atoms with Gasteiger partial charge in [-0.15, -0.1) is 0 Å². The summed E-state index contributed by atoms with van der Waals surface area (Å²) in [5.41, 5.74) is 0. The van der Waals surface area contributed by atoms with Crippen molar-refractivity contribution in [1.82, 2.24) is 10.2 Å². The molecule has 2 fully saturated rings. The predicted molar refractivity (Wildman–Crippen MR) is 78.9 cm³/mol. The zero-order valence-electron chi connectivity index (χ0n) is 12.6. The molecule has 1 heterocycles. The first-order chi connectivity index (χ1) is 8.72. The molecule has 106 valence electrons. The fraction of sp³-hybridized carbons (Fsp3) is 1.00. The molecule has 0 spiro atoms. The molecule has 2 aliphatic rings. The Labute approximate surface area is 114 Å². The molecule has 0 radical (unpaired) electrons. The third-order valence-electron chi connectivity index (χ3n) is 5.27. The van der Waals surface area contributed by atoms with Gasteiger partial charge in [-0.2, -0.15) is 0 Å². The van der Waals surface area contributed by atoms with Crippen molar-refractivity contribution in [2.45, 2.75) is 71.4 Å². The molecule has 1 saturated heterocycles. The van der Waals surface area contributed by atoms with E-state index in [0.717, 1.165) is 23.9 Å². The van der Waals surface area contributed by atoms with Crippen molar-refractivity contribution in [2.75, 3.05) is 19.6 Å². The third-order valence-corrected chi connectivity index (χ3v) is 5.27. The molecule has 0 aromatic carbocycles. The number of likely N-dealkylation sites (tertiary alicyclic amines) is 1. The zero-order chi connectivity index (χ0) is 13.0. The molecule has 2 nitrogen and oxygen atoms in total. The van der Waals surface area contributed by atoms with Gasteiger partial charge in [0.1, 0.15) is 0 Å². The first kappa shape index (κ1) is 14.3. The summed E-state index contributed by atoms with van der Waals surface area (Å²) in [5.74, 6) is 1.82. The topological polar surface area (TPSA) is 15.3 Å². The van der Waals surface area contributed by atoms with Gasteiger partial charge in [-0.25, -0.2) is 0 Å². The van der Waals surface area contributed by atoms with E-state index in [1.807, 2.05) is 0 Å². The molecule has 4 atom stereocenters. The standard InChI is InChI=1S/C16H32N2/c1-4-10-17-15-8-6-11-18(12-15)16-9-5-7-13(2)14(16)3/h13-17H,4-12H2,1-3H3. The quantitative estimate of drug-likeness (QED) is 0.826. The lowest BCUT2D eigenvalue weighted by Gasteiger charge is -2.45. The second-order valence-electron chi connectivity index (χ2n) is 6.62. The second-order valence-corrected chi connectivity index (χ2v) is 6.62. The summed E-state index contributed by atoms with van der Waals surface area (Å²) in [4.78, 5) is 2.80. The van der Waals surface area contributed by atoms with Crippen LogP contribution in [0.1, 0.15) is 59.3 Å². The fourth-order valence-electron chi connectivity index (χ4n) is 3.89. The molecule has 0 aromatic rings. The molecule has 4 unspecified atom stereocenters. The predicted octanol–water partition coefficient (Wildman–Crippen LogP) is 3.28. The van der Waals surface area contributed by atoms with Gasteiger partial charge >= 0.3 is 0 Å². The van der Waals surface area contributed by atoms with Gasteiger partial charge in [0, 0.05) is 18.6 Å². The summed E-state index contributed by atoms with van der Waals surface area (Å²) in [7, 11) is 0. The minimum Gasteiger partial charge on any atom is -0.313 e.